The second kappa shape index (κ2) is 8.82. The van der Waals surface area contributed by atoms with Crippen molar-refractivity contribution < 1.29 is 14.0 Å². The van der Waals surface area contributed by atoms with Crippen molar-refractivity contribution in [1.29, 1.82) is 0 Å². The van der Waals surface area contributed by atoms with Gasteiger partial charge >= 0.3 is 0 Å². The Morgan fingerprint density at radius 3 is 2.55 bits per heavy atom. The van der Waals surface area contributed by atoms with Crippen LogP contribution in [-0.4, -0.2) is 54.3 Å². The van der Waals surface area contributed by atoms with E-state index in [1.165, 1.54) is 6.26 Å². The number of nitrogens with one attached hydrogen (secondary N) is 1. The zero-order valence-electron chi connectivity index (χ0n) is 17.0. The average Bonchev–Trinajstić information content (AvgIpc) is 3.31. The molecule has 2 aliphatic rings. The summed E-state index contributed by atoms with van der Waals surface area (Å²) < 4.78 is 5.34. The molecule has 0 aliphatic carbocycles. The van der Waals surface area contributed by atoms with E-state index in [4.69, 9.17) is 4.42 Å². The lowest BCUT2D eigenvalue weighted by Gasteiger charge is -2.40. The molecule has 1 N–H and O–H groups in total. The molecule has 6 heteroatoms. The van der Waals surface area contributed by atoms with Gasteiger partial charge in [-0.05, 0) is 62.0 Å². The van der Waals surface area contributed by atoms with Crippen molar-refractivity contribution in [1.82, 2.24) is 15.1 Å². The average molecular weight is 396 g/mol. The van der Waals surface area contributed by atoms with E-state index in [1.54, 1.807) is 17.0 Å². The normalized spacial score (nSPS) is 19.8. The molecule has 2 aliphatic heterocycles. The smallest absolute Gasteiger partial charge is 0.290 e. The van der Waals surface area contributed by atoms with Gasteiger partial charge in [0.25, 0.3) is 5.91 Å². The van der Waals surface area contributed by atoms with Crippen molar-refractivity contribution in [2.45, 2.75) is 38.3 Å². The molecule has 0 spiro atoms. The number of furan rings is 1. The first-order valence-corrected chi connectivity index (χ1v) is 10.5. The zero-order chi connectivity index (χ0) is 20.2. The topological polar surface area (TPSA) is 65.8 Å². The van der Waals surface area contributed by atoms with E-state index >= 15 is 0 Å². The van der Waals surface area contributed by atoms with Crippen LogP contribution in [0.25, 0.3) is 0 Å². The molecule has 1 aromatic carbocycles. The molecule has 3 heterocycles. The summed E-state index contributed by atoms with van der Waals surface area (Å²) in [6, 6.07) is 11.0. The summed E-state index contributed by atoms with van der Waals surface area (Å²) in [5.41, 5.74) is 2.25. The lowest BCUT2D eigenvalue weighted by atomic mass is 9.90. The molecule has 0 bridgehead atoms. The number of likely N-dealkylation sites (tertiary alicyclic amines) is 1. The van der Waals surface area contributed by atoms with Gasteiger partial charge in [0.05, 0.1) is 6.26 Å². The number of benzene rings is 1. The van der Waals surface area contributed by atoms with E-state index in [0.29, 0.717) is 18.9 Å². The van der Waals surface area contributed by atoms with Crippen LogP contribution in [-0.2, 0) is 17.8 Å². The van der Waals surface area contributed by atoms with Crippen LogP contribution in [0.4, 0.5) is 0 Å². The van der Waals surface area contributed by atoms with E-state index in [9.17, 15) is 9.59 Å². The van der Waals surface area contributed by atoms with Crippen molar-refractivity contribution >= 4 is 11.8 Å². The molecule has 154 valence electrons. The first kappa shape index (κ1) is 19.7. The Balaban J connectivity index is 1.51. The lowest BCUT2D eigenvalue weighted by Crippen LogP contribution is -2.55. The standard InChI is InChI=1S/C23H29N3O3/c1-24-11-8-17-9-12-25(13-10-17)22(27)20-15-18-5-2-3-6-19(18)16-26(20)23(28)21-7-4-14-29-21/h2-7,14,17,20,24H,8-13,15-16H2,1H3. The van der Waals surface area contributed by atoms with Gasteiger partial charge in [-0.1, -0.05) is 24.3 Å². The third-order valence-electron chi connectivity index (χ3n) is 6.26. The highest BCUT2D eigenvalue weighted by Crippen LogP contribution is 2.28. The second-order valence-electron chi connectivity index (χ2n) is 8.06. The van der Waals surface area contributed by atoms with E-state index in [1.807, 2.05) is 30.1 Å². The van der Waals surface area contributed by atoms with Crippen molar-refractivity contribution in [2.75, 3.05) is 26.7 Å². The number of carbonyl (C=O) groups excluding carboxylic acids is 2. The minimum atomic E-state index is -0.476. The maximum atomic E-state index is 13.5. The summed E-state index contributed by atoms with van der Waals surface area (Å²) in [7, 11) is 1.98. The van der Waals surface area contributed by atoms with Crippen molar-refractivity contribution in [2.24, 2.45) is 5.92 Å². The third-order valence-corrected chi connectivity index (χ3v) is 6.26. The highest BCUT2D eigenvalue weighted by Gasteiger charge is 2.38. The van der Waals surface area contributed by atoms with E-state index < -0.39 is 6.04 Å². The fourth-order valence-electron chi connectivity index (χ4n) is 4.50. The number of piperidine rings is 1. The molecule has 2 amide bonds. The summed E-state index contributed by atoms with van der Waals surface area (Å²) in [5.74, 6) is 0.797. The third kappa shape index (κ3) is 4.22. The van der Waals surface area contributed by atoms with Crippen LogP contribution >= 0.6 is 0 Å². The molecular weight excluding hydrogens is 366 g/mol. The molecule has 6 nitrogen and oxygen atoms in total. The molecule has 1 saturated heterocycles. The summed E-state index contributed by atoms with van der Waals surface area (Å²) in [6.07, 6.45) is 5.27. The highest BCUT2D eigenvalue weighted by molar-refractivity contribution is 5.96. The van der Waals surface area contributed by atoms with Crippen LogP contribution in [0.2, 0.25) is 0 Å². The van der Waals surface area contributed by atoms with Crippen LogP contribution in [0, 0.1) is 5.92 Å². The predicted molar refractivity (Wildman–Crippen MR) is 110 cm³/mol. The lowest BCUT2D eigenvalue weighted by molar-refractivity contribution is -0.138. The van der Waals surface area contributed by atoms with Crippen molar-refractivity contribution in [3.63, 3.8) is 0 Å². The fraction of sp³-hybridized carbons (Fsp3) is 0.478. The van der Waals surface area contributed by atoms with Gasteiger partial charge in [0, 0.05) is 26.1 Å². The Labute approximate surface area is 171 Å². The molecule has 29 heavy (non-hydrogen) atoms. The van der Waals surface area contributed by atoms with Gasteiger partial charge in [0.1, 0.15) is 6.04 Å². The van der Waals surface area contributed by atoms with Gasteiger partial charge in [-0.2, -0.15) is 0 Å². The number of fused-ring (bicyclic) bond motifs is 1. The molecule has 2 aromatic rings. The Morgan fingerprint density at radius 1 is 1.10 bits per heavy atom. The van der Waals surface area contributed by atoms with Gasteiger partial charge in [0.15, 0.2) is 5.76 Å². The summed E-state index contributed by atoms with van der Waals surface area (Å²) in [4.78, 5) is 30.2. The molecule has 0 saturated carbocycles. The number of amides is 2. The maximum Gasteiger partial charge on any atom is 0.290 e. The maximum absolute atomic E-state index is 13.5. The van der Waals surface area contributed by atoms with Crippen molar-refractivity contribution in [3.8, 4) is 0 Å². The molecule has 4 rings (SSSR count). The summed E-state index contributed by atoms with van der Waals surface area (Å²) in [5, 5.41) is 3.21. The molecular formula is C23H29N3O3. The molecule has 1 atom stereocenters. The zero-order valence-corrected chi connectivity index (χ0v) is 17.0. The number of hydrogen-bond donors (Lipinski definition) is 1. The van der Waals surface area contributed by atoms with E-state index in [2.05, 4.69) is 11.4 Å². The van der Waals surface area contributed by atoms with Crippen LogP contribution in [0.3, 0.4) is 0 Å². The van der Waals surface area contributed by atoms with Crippen molar-refractivity contribution in [3.05, 3.63) is 59.5 Å². The first-order chi connectivity index (χ1) is 14.2. The molecule has 1 aromatic heterocycles. The second-order valence-corrected chi connectivity index (χ2v) is 8.06. The number of rotatable bonds is 5. The van der Waals surface area contributed by atoms with Crippen LogP contribution in [0.15, 0.2) is 47.1 Å². The first-order valence-electron chi connectivity index (χ1n) is 10.5. The quantitative estimate of drug-likeness (QED) is 0.845. The molecule has 1 unspecified atom stereocenters. The highest BCUT2D eigenvalue weighted by atomic mass is 16.3. The fourth-order valence-corrected chi connectivity index (χ4v) is 4.50. The van der Waals surface area contributed by atoms with Gasteiger partial charge in [-0.15, -0.1) is 0 Å². The van der Waals surface area contributed by atoms with Gasteiger partial charge in [-0.3, -0.25) is 9.59 Å². The largest absolute Gasteiger partial charge is 0.459 e. The monoisotopic (exact) mass is 395 g/mol. The van der Waals surface area contributed by atoms with Crippen LogP contribution < -0.4 is 5.32 Å². The summed E-state index contributed by atoms with van der Waals surface area (Å²) >= 11 is 0. The van der Waals surface area contributed by atoms with Gasteiger partial charge in [0.2, 0.25) is 5.91 Å². The number of nitrogens with zero attached hydrogens (tertiary/aromatic N) is 2. The Bertz CT molecular complexity index is 841. The van der Waals surface area contributed by atoms with Crippen LogP contribution in [0.1, 0.15) is 40.9 Å². The minimum absolute atomic E-state index is 0.0616. The summed E-state index contributed by atoms with van der Waals surface area (Å²) in [6.45, 7) is 3.00. The Hall–Kier alpha value is -2.60. The number of carbonyl (C=O) groups is 2. The predicted octanol–water partition coefficient (Wildman–Crippen LogP) is 2.69. The van der Waals surface area contributed by atoms with Crippen LogP contribution in [0.5, 0.6) is 0 Å². The number of hydrogen-bond acceptors (Lipinski definition) is 4. The van der Waals surface area contributed by atoms with E-state index in [0.717, 1.165) is 50.0 Å². The molecule has 1 fully saturated rings. The van der Waals surface area contributed by atoms with Gasteiger partial charge < -0.3 is 19.5 Å². The van der Waals surface area contributed by atoms with E-state index in [-0.39, 0.29) is 17.6 Å². The Kier molecular flexibility index (Phi) is 6.00. The van der Waals surface area contributed by atoms with Gasteiger partial charge in [-0.25, -0.2) is 0 Å². The minimum Gasteiger partial charge on any atom is -0.459 e. The Morgan fingerprint density at radius 2 is 1.86 bits per heavy atom. The SMILES string of the molecule is CNCCC1CCN(C(=O)C2Cc3ccccc3CN2C(=O)c2ccco2)CC1. The molecule has 0 radical (unpaired) electrons.